The lowest BCUT2D eigenvalue weighted by Gasteiger charge is -2.33. The Morgan fingerprint density at radius 1 is 1.53 bits per heavy atom. The van der Waals surface area contributed by atoms with Crippen molar-refractivity contribution in [1.29, 1.82) is 0 Å². The number of carbonyl (C=O) groups excluding carboxylic acids is 1. The molecule has 1 saturated heterocycles. The van der Waals surface area contributed by atoms with Gasteiger partial charge in [0.05, 0.1) is 12.6 Å². The Balaban J connectivity index is 1.89. The largest absolute Gasteiger partial charge is 0.371 e. The average molecular weight is 296 g/mol. The van der Waals surface area contributed by atoms with E-state index in [9.17, 15) is 4.79 Å². The number of benzene rings is 1. The molecule has 0 aliphatic carbocycles. The molecule has 0 radical (unpaired) electrons. The van der Waals surface area contributed by atoms with E-state index >= 15 is 0 Å². The molecule has 1 fully saturated rings. The van der Waals surface area contributed by atoms with Crippen LogP contribution in [-0.2, 0) is 11.2 Å². The molecule has 3 rings (SSSR count). The summed E-state index contributed by atoms with van der Waals surface area (Å²) in [5, 5.41) is 0. The van der Waals surface area contributed by atoms with Crippen LogP contribution in [-0.4, -0.2) is 36.1 Å². The molecule has 90 valence electrons. The predicted octanol–water partition coefficient (Wildman–Crippen LogP) is 2.23. The van der Waals surface area contributed by atoms with Crippen LogP contribution in [0.3, 0.4) is 0 Å². The van der Waals surface area contributed by atoms with Gasteiger partial charge in [0.25, 0.3) is 5.91 Å². The number of halogens is 1. The molecule has 2 atom stereocenters. The van der Waals surface area contributed by atoms with Crippen molar-refractivity contribution < 1.29 is 9.53 Å². The van der Waals surface area contributed by atoms with Crippen LogP contribution in [0.1, 0.15) is 22.8 Å². The van der Waals surface area contributed by atoms with Gasteiger partial charge in [-0.05, 0) is 37.1 Å². The maximum absolute atomic E-state index is 12.4. The molecule has 0 spiro atoms. The van der Waals surface area contributed by atoms with Crippen molar-refractivity contribution in [1.82, 2.24) is 4.90 Å². The molecule has 2 aliphatic heterocycles. The average Bonchev–Trinajstić information content (AvgIpc) is 3.12. The third-order valence-corrected chi connectivity index (χ3v) is 4.06. The zero-order chi connectivity index (χ0) is 12.0. The monoisotopic (exact) mass is 295 g/mol. The maximum Gasteiger partial charge on any atom is 0.254 e. The lowest BCUT2D eigenvalue weighted by atomic mass is 9.97. The standard InChI is InChI=1S/C13H14BrNO2/c1-8(12-7-17-12)15-5-4-9-6-10(14)2-3-11(9)13(15)16/h2-3,6,8,12H,4-5,7H2,1H3. The van der Waals surface area contributed by atoms with Crippen LogP contribution in [0, 0.1) is 0 Å². The second-order valence-electron chi connectivity index (χ2n) is 4.66. The summed E-state index contributed by atoms with van der Waals surface area (Å²) in [6.07, 6.45) is 1.17. The third-order valence-electron chi connectivity index (χ3n) is 3.57. The number of hydrogen-bond donors (Lipinski definition) is 0. The first-order valence-electron chi connectivity index (χ1n) is 5.88. The zero-order valence-corrected chi connectivity index (χ0v) is 11.2. The Hall–Kier alpha value is -0.870. The van der Waals surface area contributed by atoms with E-state index in [1.54, 1.807) is 0 Å². The Bertz CT molecular complexity index is 470. The first-order chi connectivity index (χ1) is 8.16. The van der Waals surface area contributed by atoms with E-state index in [0.717, 1.165) is 35.2 Å². The van der Waals surface area contributed by atoms with E-state index in [-0.39, 0.29) is 18.1 Å². The molecule has 0 aromatic heterocycles. The fourth-order valence-electron chi connectivity index (χ4n) is 2.40. The molecule has 0 N–H and O–H groups in total. The second-order valence-corrected chi connectivity index (χ2v) is 5.58. The SMILES string of the molecule is CC(C1CO1)N1CCc2cc(Br)ccc2C1=O. The van der Waals surface area contributed by atoms with Gasteiger partial charge in [-0.15, -0.1) is 0 Å². The topological polar surface area (TPSA) is 32.8 Å². The molecular weight excluding hydrogens is 282 g/mol. The number of fused-ring (bicyclic) bond motifs is 1. The Morgan fingerprint density at radius 3 is 3.00 bits per heavy atom. The number of rotatable bonds is 2. The van der Waals surface area contributed by atoms with Crippen LogP contribution in [0.4, 0.5) is 0 Å². The lowest BCUT2D eigenvalue weighted by Crippen LogP contribution is -2.45. The molecule has 0 bridgehead atoms. The predicted molar refractivity (Wildman–Crippen MR) is 68.1 cm³/mol. The summed E-state index contributed by atoms with van der Waals surface area (Å²) in [5.41, 5.74) is 1.98. The van der Waals surface area contributed by atoms with E-state index in [2.05, 4.69) is 22.9 Å². The zero-order valence-electron chi connectivity index (χ0n) is 9.65. The van der Waals surface area contributed by atoms with Crippen LogP contribution in [0.15, 0.2) is 22.7 Å². The number of amides is 1. The van der Waals surface area contributed by atoms with Gasteiger partial charge in [-0.25, -0.2) is 0 Å². The normalized spacial score (nSPS) is 24.5. The van der Waals surface area contributed by atoms with Crippen LogP contribution in [0.2, 0.25) is 0 Å². The number of nitrogens with zero attached hydrogens (tertiary/aromatic N) is 1. The number of epoxide rings is 1. The molecule has 2 aliphatic rings. The van der Waals surface area contributed by atoms with Crippen molar-refractivity contribution in [3.05, 3.63) is 33.8 Å². The summed E-state index contributed by atoms with van der Waals surface area (Å²) in [7, 11) is 0. The second kappa shape index (κ2) is 4.10. The molecule has 0 saturated carbocycles. The van der Waals surface area contributed by atoms with Gasteiger partial charge < -0.3 is 9.64 Å². The number of ether oxygens (including phenoxy) is 1. The highest BCUT2D eigenvalue weighted by atomic mass is 79.9. The van der Waals surface area contributed by atoms with Gasteiger partial charge >= 0.3 is 0 Å². The fourth-order valence-corrected chi connectivity index (χ4v) is 2.81. The van der Waals surface area contributed by atoms with Crippen LogP contribution in [0.25, 0.3) is 0 Å². The van der Waals surface area contributed by atoms with Gasteiger partial charge in [0.1, 0.15) is 6.10 Å². The third kappa shape index (κ3) is 2.00. The smallest absolute Gasteiger partial charge is 0.254 e. The minimum atomic E-state index is 0.141. The summed E-state index contributed by atoms with van der Waals surface area (Å²) >= 11 is 3.44. The molecule has 3 nitrogen and oxygen atoms in total. The van der Waals surface area contributed by atoms with Crippen molar-refractivity contribution in [2.45, 2.75) is 25.5 Å². The van der Waals surface area contributed by atoms with E-state index < -0.39 is 0 Å². The number of hydrogen-bond acceptors (Lipinski definition) is 2. The molecule has 2 heterocycles. The fraction of sp³-hybridized carbons (Fsp3) is 0.462. The first-order valence-corrected chi connectivity index (χ1v) is 6.67. The summed E-state index contributed by atoms with van der Waals surface area (Å²) < 4.78 is 6.32. The molecular formula is C13H14BrNO2. The molecule has 17 heavy (non-hydrogen) atoms. The molecule has 1 aromatic rings. The van der Waals surface area contributed by atoms with Crippen LogP contribution >= 0.6 is 15.9 Å². The van der Waals surface area contributed by atoms with Gasteiger partial charge in [0.2, 0.25) is 0 Å². The van der Waals surface area contributed by atoms with Crippen molar-refractivity contribution >= 4 is 21.8 Å². The summed E-state index contributed by atoms with van der Waals surface area (Å²) in [5.74, 6) is 0.141. The minimum Gasteiger partial charge on any atom is -0.371 e. The van der Waals surface area contributed by atoms with Crippen molar-refractivity contribution in [3.63, 3.8) is 0 Å². The minimum absolute atomic E-state index is 0.141. The molecule has 2 unspecified atom stereocenters. The van der Waals surface area contributed by atoms with Crippen LogP contribution in [0.5, 0.6) is 0 Å². The molecule has 1 aromatic carbocycles. The highest BCUT2D eigenvalue weighted by Gasteiger charge is 2.37. The summed E-state index contributed by atoms with van der Waals surface area (Å²) in [6, 6.07) is 6.08. The highest BCUT2D eigenvalue weighted by molar-refractivity contribution is 9.10. The summed E-state index contributed by atoms with van der Waals surface area (Å²) in [6.45, 7) is 3.65. The van der Waals surface area contributed by atoms with Gasteiger partial charge in [-0.2, -0.15) is 0 Å². The highest BCUT2D eigenvalue weighted by Crippen LogP contribution is 2.27. The maximum atomic E-state index is 12.4. The van der Waals surface area contributed by atoms with Gasteiger partial charge in [0.15, 0.2) is 0 Å². The van der Waals surface area contributed by atoms with E-state index in [1.807, 2.05) is 23.1 Å². The van der Waals surface area contributed by atoms with Crippen LogP contribution < -0.4 is 0 Å². The Labute approximate surface area is 109 Å². The molecule has 1 amide bonds. The van der Waals surface area contributed by atoms with Gasteiger partial charge in [-0.3, -0.25) is 4.79 Å². The first kappa shape index (κ1) is 11.2. The van der Waals surface area contributed by atoms with Crippen molar-refractivity contribution in [3.8, 4) is 0 Å². The van der Waals surface area contributed by atoms with Crippen molar-refractivity contribution in [2.24, 2.45) is 0 Å². The lowest BCUT2D eigenvalue weighted by molar-refractivity contribution is 0.0644. The van der Waals surface area contributed by atoms with E-state index in [0.29, 0.717) is 0 Å². The van der Waals surface area contributed by atoms with E-state index in [1.165, 1.54) is 0 Å². The van der Waals surface area contributed by atoms with Crippen molar-refractivity contribution in [2.75, 3.05) is 13.2 Å². The van der Waals surface area contributed by atoms with Gasteiger partial charge in [0, 0.05) is 16.6 Å². The Kier molecular flexibility index (Phi) is 2.71. The Morgan fingerprint density at radius 2 is 2.29 bits per heavy atom. The van der Waals surface area contributed by atoms with Gasteiger partial charge in [-0.1, -0.05) is 15.9 Å². The quantitative estimate of drug-likeness (QED) is 0.784. The number of carbonyl (C=O) groups is 1. The van der Waals surface area contributed by atoms with E-state index in [4.69, 9.17) is 4.74 Å². The summed E-state index contributed by atoms with van der Waals surface area (Å²) in [4.78, 5) is 14.3. The molecule has 4 heteroatoms.